The molecule has 1 aliphatic heterocycles. The van der Waals surface area contributed by atoms with Crippen molar-refractivity contribution in [2.45, 2.75) is 25.3 Å². The lowest BCUT2D eigenvalue weighted by atomic mass is 9.97. The summed E-state index contributed by atoms with van der Waals surface area (Å²) in [5, 5.41) is 15.0. The average molecular weight is 444 g/mol. The third-order valence-electron chi connectivity index (χ3n) is 4.65. The van der Waals surface area contributed by atoms with Gasteiger partial charge in [0.05, 0.1) is 18.2 Å². The zero-order valence-corrected chi connectivity index (χ0v) is 17.4. The van der Waals surface area contributed by atoms with E-state index in [1.54, 1.807) is 0 Å². The van der Waals surface area contributed by atoms with Gasteiger partial charge in [-0.05, 0) is 35.4 Å². The van der Waals surface area contributed by atoms with Crippen LogP contribution in [0.15, 0.2) is 58.1 Å². The van der Waals surface area contributed by atoms with E-state index in [-0.39, 0.29) is 24.8 Å². The number of rotatable bonds is 6. The number of anilines is 1. The fourth-order valence-electron chi connectivity index (χ4n) is 3.18. The predicted octanol–water partition coefficient (Wildman–Crippen LogP) is 4.06. The lowest BCUT2D eigenvalue weighted by Gasteiger charge is -2.23. The van der Waals surface area contributed by atoms with Gasteiger partial charge in [0.1, 0.15) is 0 Å². The maximum absolute atomic E-state index is 12.7. The molecule has 6 nitrogen and oxygen atoms in total. The SMILES string of the molecule is CN(C)c1cccc(C2CC(c3cccc(Br)c3)=NN2C(=O)CCC(=O)O)c1. The second-order valence-corrected chi connectivity index (χ2v) is 7.81. The lowest BCUT2D eigenvalue weighted by molar-refractivity contribution is -0.141. The Bertz CT molecular complexity index is 927. The van der Waals surface area contributed by atoms with Crippen LogP contribution in [-0.2, 0) is 9.59 Å². The molecule has 146 valence electrons. The smallest absolute Gasteiger partial charge is 0.303 e. The second-order valence-electron chi connectivity index (χ2n) is 6.90. The van der Waals surface area contributed by atoms with E-state index >= 15 is 0 Å². The highest BCUT2D eigenvalue weighted by Crippen LogP contribution is 2.35. The van der Waals surface area contributed by atoms with E-state index in [9.17, 15) is 9.59 Å². The minimum absolute atomic E-state index is 0.0749. The van der Waals surface area contributed by atoms with Crippen molar-refractivity contribution in [2.75, 3.05) is 19.0 Å². The summed E-state index contributed by atoms with van der Waals surface area (Å²) in [6.45, 7) is 0. The third kappa shape index (κ3) is 4.59. The van der Waals surface area contributed by atoms with Gasteiger partial charge in [0.2, 0.25) is 5.91 Å². The summed E-state index contributed by atoms with van der Waals surface area (Å²) in [5.74, 6) is -1.28. The standard InChI is InChI=1S/C21H22BrN3O3/c1-24(2)17-8-4-6-15(12-17)19-13-18(14-5-3-7-16(22)11-14)23-25(19)20(26)9-10-21(27)28/h3-8,11-12,19H,9-10,13H2,1-2H3,(H,27,28). The van der Waals surface area contributed by atoms with E-state index < -0.39 is 5.97 Å². The van der Waals surface area contributed by atoms with Crippen LogP contribution in [-0.4, -0.2) is 41.8 Å². The Morgan fingerprint density at radius 1 is 1.18 bits per heavy atom. The van der Waals surface area contributed by atoms with E-state index in [0.29, 0.717) is 6.42 Å². The molecule has 1 atom stereocenters. The van der Waals surface area contributed by atoms with Gasteiger partial charge in [0.15, 0.2) is 0 Å². The minimum atomic E-state index is -0.991. The van der Waals surface area contributed by atoms with Gasteiger partial charge in [-0.15, -0.1) is 0 Å². The Morgan fingerprint density at radius 3 is 2.61 bits per heavy atom. The molecule has 0 saturated heterocycles. The molecule has 7 heteroatoms. The van der Waals surface area contributed by atoms with Crippen molar-refractivity contribution < 1.29 is 14.7 Å². The van der Waals surface area contributed by atoms with Crippen molar-refractivity contribution >= 4 is 39.2 Å². The van der Waals surface area contributed by atoms with Gasteiger partial charge in [0.25, 0.3) is 0 Å². The van der Waals surface area contributed by atoms with Gasteiger partial charge in [-0.1, -0.05) is 40.2 Å². The van der Waals surface area contributed by atoms with Crippen molar-refractivity contribution in [2.24, 2.45) is 5.10 Å². The molecule has 2 aromatic carbocycles. The van der Waals surface area contributed by atoms with Gasteiger partial charge in [-0.2, -0.15) is 5.10 Å². The number of carbonyl (C=O) groups excluding carboxylic acids is 1. The van der Waals surface area contributed by atoms with E-state index in [2.05, 4.69) is 21.0 Å². The summed E-state index contributed by atoms with van der Waals surface area (Å²) < 4.78 is 0.939. The van der Waals surface area contributed by atoms with Crippen LogP contribution in [0.5, 0.6) is 0 Å². The first-order chi connectivity index (χ1) is 13.3. The Balaban J connectivity index is 1.94. The number of hydrogen-bond acceptors (Lipinski definition) is 4. The topological polar surface area (TPSA) is 73.2 Å². The molecule has 1 N–H and O–H groups in total. The zero-order valence-electron chi connectivity index (χ0n) is 15.8. The summed E-state index contributed by atoms with van der Waals surface area (Å²) in [5.41, 5.74) is 3.76. The number of nitrogens with zero attached hydrogens (tertiary/aromatic N) is 3. The molecule has 0 radical (unpaired) electrons. The monoisotopic (exact) mass is 443 g/mol. The number of hydrazone groups is 1. The fourth-order valence-corrected chi connectivity index (χ4v) is 3.58. The second kappa shape index (κ2) is 8.56. The molecule has 3 rings (SSSR count). The van der Waals surface area contributed by atoms with Crippen LogP contribution in [0.2, 0.25) is 0 Å². The average Bonchev–Trinajstić information content (AvgIpc) is 3.12. The van der Waals surface area contributed by atoms with Crippen LogP contribution >= 0.6 is 15.9 Å². The molecule has 0 bridgehead atoms. The third-order valence-corrected chi connectivity index (χ3v) is 5.14. The first-order valence-electron chi connectivity index (χ1n) is 8.99. The summed E-state index contributed by atoms with van der Waals surface area (Å²) in [6, 6.07) is 15.5. The minimum Gasteiger partial charge on any atom is -0.481 e. The van der Waals surface area contributed by atoms with Crippen molar-refractivity contribution in [3.05, 3.63) is 64.1 Å². The molecule has 0 aromatic heterocycles. The number of hydrogen-bond donors (Lipinski definition) is 1. The highest BCUT2D eigenvalue weighted by atomic mass is 79.9. The number of benzene rings is 2. The van der Waals surface area contributed by atoms with Crippen LogP contribution < -0.4 is 4.90 Å². The first-order valence-corrected chi connectivity index (χ1v) is 9.79. The largest absolute Gasteiger partial charge is 0.481 e. The van der Waals surface area contributed by atoms with E-state index in [0.717, 1.165) is 27.0 Å². The molecule has 0 fully saturated rings. The number of aliphatic carboxylic acids is 1. The summed E-state index contributed by atoms with van der Waals surface area (Å²) in [6.07, 6.45) is 0.294. The van der Waals surface area contributed by atoms with Crippen molar-refractivity contribution in [3.8, 4) is 0 Å². The Kier molecular flexibility index (Phi) is 6.14. The van der Waals surface area contributed by atoms with Crippen molar-refractivity contribution in [1.82, 2.24) is 5.01 Å². The van der Waals surface area contributed by atoms with Gasteiger partial charge < -0.3 is 10.0 Å². The maximum atomic E-state index is 12.7. The van der Waals surface area contributed by atoms with Crippen LogP contribution in [0.3, 0.4) is 0 Å². The molecule has 0 spiro atoms. The zero-order chi connectivity index (χ0) is 20.3. The fraction of sp³-hybridized carbons (Fsp3) is 0.286. The molecule has 28 heavy (non-hydrogen) atoms. The molecule has 2 aromatic rings. The highest BCUT2D eigenvalue weighted by Gasteiger charge is 2.33. The predicted molar refractivity (Wildman–Crippen MR) is 113 cm³/mol. The van der Waals surface area contributed by atoms with Crippen LogP contribution in [0.1, 0.15) is 36.4 Å². The molecule has 1 unspecified atom stereocenters. The quantitative estimate of drug-likeness (QED) is 0.730. The molecule has 1 aliphatic rings. The van der Waals surface area contributed by atoms with Crippen LogP contribution in [0, 0.1) is 0 Å². The molecular weight excluding hydrogens is 422 g/mol. The van der Waals surface area contributed by atoms with Gasteiger partial charge >= 0.3 is 5.97 Å². The van der Waals surface area contributed by atoms with Crippen molar-refractivity contribution in [1.29, 1.82) is 0 Å². The Morgan fingerprint density at radius 2 is 1.93 bits per heavy atom. The number of carbonyl (C=O) groups is 2. The van der Waals surface area contributed by atoms with Gasteiger partial charge in [-0.3, -0.25) is 9.59 Å². The Hall–Kier alpha value is -2.67. The van der Waals surface area contributed by atoms with Crippen LogP contribution in [0.4, 0.5) is 5.69 Å². The normalized spacial score (nSPS) is 16.0. The molecule has 0 aliphatic carbocycles. The van der Waals surface area contributed by atoms with Crippen molar-refractivity contribution in [3.63, 3.8) is 0 Å². The van der Waals surface area contributed by atoms with E-state index in [1.807, 2.05) is 67.5 Å². The lowest BCUT2D eigenvalue weighted by Crippen LogP contribution is -2.27. The molecular formula is C21H22BrN3O3. The number of carboxylic acids is 1. The molecule has 1 heterocycles. The summed E-state index contributed by atoms with van der Waals surface area (Å²) in [7, 11) is 3.93. The Labute approximate surface area is 172 Å². The van der Waals surface area contributed by atoms with Gasteiger partial charge in [-0.25, -0.2) is 5.01 Å². The first kappa shape index (κ1) is 20.1. The molecule has 0 saturated carbocycles. The van der Waals surface area contributed by atoms with Gasteiger partial charge in [0, 0.05) is 37.1 Å². The number of amides is 1. The number of halogens is 1. The maximum Gasteiger partial charge on any atom is 0.303 e. The number of carboxylic acid groups (broad SMARTS) is 1. The van der Waals surface area contributed by atoms with Crippen LogP contribution in [0.25, 0.3) is 0 Å². The summed E-state index contributed by atoms with van der Waals surface area (Å²) in [4.78, 5) is 25.6. The highest BCUT2D eigenvalue weighted by molar-refractivity contribution is 9.10. The van der Waals surface area contributed by atoms with E-state index in [4.69, 9.17) is 5.11 Å². The summed E-state index contributed by atoms with van der Waals surface area (Å²) >= 11 is 3.47. The van der Waals surface area contributed by atoms with E-state index in [1.165, 1.54) is 5.01 Å². The molecule has 1 amide bonds.